The van der Waals surface area contributed by atoms with Crippen molar-refractivity contribution in [1.82, 2.24) is 24.9 Å². The normalized spacial score (nSPS) is 17.4. The van der Waals surface area contributed by atoms with Crippen LogP contribution in [0, 0.1) is 6.92 Å². The first kappa shape index (κ1) is 26.6. The van der Waals surface area contributed by atoms with Crippen LogP contribution in [0.15, 0.2) is 52.6 Å². The Kier molecular flexibility index (Phi) is 7.11. The number of amides is 2. The van der Waals surface area contributed by atoms with Gasteiger partial charge in [-0.05, 0) is 48.1 Å². The van der Waals surface area contributed by atoms with Crippen LogP contribution in [0.3, 0.4) is 0 Å². The maximum absolute atomic E-state index is 13.9. The predicted molar refractivity (Wildman–Crippen MR) is 159 cm³/mol. The minimum absolute atomic E-state index is 0.0475. The largest absolute Gasteiger partial charge is 0.378 e. The van der Waals surface area contributed by atoms with E-state index in [1.54, 1.807) is 6.92 Å². The van der Waals surface area contributed by atoms with Gasteiger partial charge in [0, 0.05) is 47.6 Å². The first-order chi connectivity index (χ1) is 20.6. The highest BCUT2D eigenvalue weighted by molar-refractivity contribution is 6.04. The second-order valence-electron chi connectivity index (χ2n) is 11.5. The van der Waals surface area contributed by atoms with Crippen LogP contribution >= 0.6 is 0 Å². The van der Waals surface area contributed by atoms with Crippen LogP contribution in [0.5, 0.6) is 0 Å². The first-order valence-corrected chi connectivity index (χ1v) is 15.0. The Balaban J connectivity index is 1.35. The van der Waals surface area contributed by atoms with Crippen molar-refractivity contribution in [3.8, 4) is 11.3 Å². The number of aryl methyl sites for hydroxylation is 1. The van der Waals surface area contributed by atoms with E-state index in [9.17, 15) is 9.59 Å². The average Bonchev–Trinajstić information content (AvgIpc) is 3.54. The number of morpholine rings is 1. The molecule has 9 heteroatoms. The molecular formula is C33H35N5O4. The van der Waals surface area contributed by atoms with Crippen molar-refractivity contribution in [2.45, 2.75) is 58.0 Å². The summed E-state index contributed by atoms with van der Waals surface area (Å²) in [5.74, 6) is 1.17. The van der Waals surface area contributed by atoms with Gasteiger partial charge in [-0.2, -0.15) is 4.98 Å². The van der Waals surface area contributed by atoms with E-state index in [1.807, 2.05) is 23.1 Å². The Morgan fingerprint density at radius 3 is 2.64 bits per heavy atom. The molecule has 1 saturated heterocycles. The van der Waals surface area contributed by atoms with Crippen LogP contribution in [0.4, 0.5) is 0 Å². The zero-order chi connectivity index (χ0) is 28.6. The SMILES string of the molecule is Cc1nc(CNC(=O)c2ccc3c(C4CCCCC4)c4n(c3c2)CC(C(=O)N2CCOCC2)=Cc2ccccc2-4)no1. The van der Waals surface area contributed by atoms with Crippen molar-refractivity contribution in [2.24, 2.45) is 0 Å². The van der Waals surface area contributed by atoms with E-state index in [1.165, 1.54) is 30.5 Å². The number of rotatable bonds is 5. The molecule has 216 valence electrons. The smallest absolute Gasteiger partial charge is 0.251 e. The number of benzene rings is 2. The number of carbonyl (C=O) groups excluding carboxylic acids is 2. The van der Waals surface area contributed by atoms with Gasteiger partial charge in [0.1, 0.15) is 0 Å². The minimum atomic E-state index is -0.205. The number of nitrogens with zero attached hydrogens (tertiary/aromatic N) is 4. The molecule has 1 aliphatic carbocycles. The highest BCUT2D eigenvalue weighted by Crippen LogP contribution is 2.46. The average molecular weight is 566 g/mol. The van der Waals surface area contributed by atoms with E-state index in [2.05, 4.69) is 50.4 Å². The zero-order valence-electron chi connectivity index (χ0n) is 23.9. The summed E-state index contributed by atoms with van der Waals surface area (Å²) in [5, 5.41) is 7.97. The van der Waals surface area contributed by atoms with Gasteiger partial charge in [-0.25, -0.2) is 0 Å². The number of carbonyl (C=O) groups is 2. The van der Waals surface area contributed by atoms with Crippen molar-refractivity contribution >= 4 is 28.8 Å². The summed E-state index contributed by atoms with van der Waals surface area (Å²) >= 11 is 0. The minimum Gasteiger partial charge on any atom is -0.378 e. The highest BCUT2D eigenvalue weighted by Gasteiger charge is 2.31. The summed E-state index contributed by atoms with van der Waals surface area (Å²) < 4.78 is 12.8. The van der Waals surface area contributed by atoms with Crippen molar-refractivity contribution in [3.63, 3.8) is 0 Å². The van der Waals surface area contributed by atoms with Gasteiger partial charge in [-0.15, -0.1) is 0 Å². The van der Waals surface area contributed by atoms with E-state index in [-0.39, 0.29) is 18.4 Å². The molecule has 0 radical (unpaired) electrons. The van der Waals surface area contributed by atoms with Crippen molar-refractivity contribution < 1.29 is 18.8 Å². The fourth-order valence-corrected chi connectivity index (χ4v) is 6.79. The maximum atomic E-state index is 13.9. The molecule has 2 amide bonds. The van der Waals surface area contributed by atoms with Crippen LogP contribution in [0.2, 0.25) is 0 Å². The lowest BCUT2D eigenvalue weighted by molar-refractivity contribution is -0.131. The molecule has 4 aromatic rings. The van der Waals surface area contributed by atoms with Gasteiger partial charge in [0.15, 0.2) is 5.82 Å². The molecule has 2 aromatic heterocycles. The number of aromatic nitrogens is 3. The monoisotopic (exact) mass is 565 g/mol. The van der Waals surface area contributed by atoms with E-state index in [0.717, 1.165) is 40.4 Å². The van der Waals surface area contributed by atoms with Crippen molar-refractivity contribution in [2.75, 3.05) is 26.3 Å². The highest BCUT2D eigenvalue weighted by atomic mass is 16.5. The van der Waals surface area contributed by atoms with E-state index in [0.29, 0.717) is 56.0 Å². The second-order valence-corrected chi connectivity index (χ2v) is 11.5. The molecular weight excluding hydrogens is 530 g/mol. The molecule has 1 N–H and O–H groups in total. The quantitative estimate of drug-likeness (QED) is 0.355. The molecule has 0 atom stereocenters. The summed E-state index contributed by atoms with van der Waals surface area (Å²) in [7, 11) is 0. The fraction of sp³-hybridized carbons (Fsp3) is 0.394. The van der Waals surface area contributed by atoms with Crippen LogP contribution < -0.4 is 5.32 Å². The third kappa shape index (κ3) is 4.91. The van der Waals surface area contributed by atoms with Crippen LogP contribution in [0.1, 0.15) is 71.2 Å². The molecule has 2 aliphatic heterocycles. The van der Waals surface area contributed by atoms with Crippen LogP contribution in [0.25, 0.3) is 28.2 Å². The van der Waals surface area contributed by atoms with Gasteiger partial charge < -0.3 is 24.0 Å². The lowest BCUT2D eigenvalue weighted by Gasteiger charge is -2.28. The standard InChI is InChI=1S/C33H35N5O4/c1-21-35-29(36-42-21)19-34-32(39)24-11-12-27-28(18-24)38-20-25(33(40)37-13-15-41-16-14-37)17-23-9-5-6-10-26(23)31(38)30(27)22-7-3-2-4-8-22/h5-6,9-12,17-18,22H,2-4,7-8,13-16,19-20H2,1H3,(H,34,39). The first-order valence-electron chi connectivity index (χ1n) is 15.0. The van der Waals surface area contributed by atoms with E-state index in [4.69, 9.17) is 9.26 Å². The third-order valence-corrected chi connectivity index (χ3v) is 8.80. The molecule has 0 bridgehead atoms. The molecule has 0 unspecified atom stereocenters. The molecule has 1 saturated carbocycles. The van der Waals surface area contributed by atoms with Gasteiger partial charge in [0.25, 0.3) is 11.8 Å². The molecule has 4 heterocycles. The molecule has 9 nitrogen and oxygen atoms in total. The Hall–Kier alpha value is -4.24. The summed E-state index contributed by atoms with van der Waals surface area (Å²) in [5.41, 5.74) is 7.00. The third-order valence-electron chi connectivity index (χ3n) is 8.80. The van der Waals surface area contributed by atoms with Crippen molar-refractivity contribution in [1.29, 1.82) is 0 Å². The molecule has 42 heavy (non-hydrogen) atoms. The van der Waals surface area contributed by atoms with Gasteiger partial charge in [0.05, 0.1) is 32.0 Å². The number of fused-ring (bicyclic) bond motifs is 5. The molecule has 0 spiro atoms. The summed E-state index contributed by atoms with van der Waals surface area (Å²) in [4.78, 5) is 33.3. The lowest BCUT2D eigenvalue weighted by atomic mass is 9.81. The second kappa shape index (κ2) is 11.2. The summed E-state index contributed by atoms with van der Waals surface area (Å²) in [6.07, 6.45) is 8.06. The number of hydrogen-bond donors (Lipinski definition) is 1. The zero-order valence-corrected chi connectivity index (χ0v) is 23.9. The molecule has 2 aromatic carbocycles. The Labute approximate surface area is 244 Å². The van der Waals surface area contributed by atoms with Gasteiger partial charge in [-0.1, -0.05) is 54.8 Å². The van der Waals surface area contributed by atoms with Gasteiger partial charge in [-0.3, -0.25) is 9.59 Å². The summed E-state index contributed by atoms with van der Waals surface area (Å²) in [6.45, 7) is 4.64. The fourth-order valence-electron chi connectivity index (χ4n) is 6.79. The van der Waals surface area contributed by atoms with Gasteiger partial charge >= 0.3 is 0 Å². The number of nitrogens with one attached hydrogen (secondary N) is 1. The van der Waals surface area contributed by atoms with Gasteiger partial charge in [0.2, 0.25) is 5.89 Å². The number of hydrogen-bond acceptors (Lipinski definition) is 6. The van der Waals surface area contributed by atoms with Crippen LogP contribution in [-0.2, 0) is 22.6 Å². The van der Waals surface area contributed by atoms with E-state index >= 15 is 0 Å². The Morgan fingerprint density at radius 1 is 1.05 bits per heavy atom. The predicted octanol–water partition coefficient (Wildman–Crippen LogP) is 5.23. The topological polar surface area (TPSA) is 102 Å². The lowest BCUT2D eigenvalue weighted by Crippen LogP contribution is -2.41. The molecule has 3 aliphatic rings. The Bertz CT molecular complexity index is 1690. The molecule has 2 fully saturated rings. The number of ether oxygens (including phenoxy) is 1. The maximum Gasteiger partial charge on any atom is 0.251 e. The van der Waals surface area contributed by atoms with E-state index < -0.39 is 0 Å². The Morgan fingerprint density at radius 2 is 1.86 bits per heavy atom. The molecule has 7 rings (SSSR count). The summed E-state index contributed by atoms with van der Waals surface area (Å²) in [6, 6.07) is 14.4. The van der Waals surface area contributed by atoms with Crippen molar-refractivity contribution in [3.05, 3.63) is 76.4 Å². The van der Waals surface area contributed by atoms with Crippen LogP contribution in [-0.4, -0.2) is 57.7 Å².